The van der Waals surface area contributed by atoms with Crippen LogP contribution in [-0.4, -0.2) is 10.5 Å². The molecule has 2 heterocycles. The topological polar surface area (TPSA) is 27.8 Å². The van der Waals surface area contributed by atoms with Crippen LogP contribution in [0.2, 0.25) is 0 Å². The van der Waals surface area contributed by atoms with E-state index in [0.717, 1.165) is 0 Å². The molecule has 116 valence electrons. The highest BCUT2D eigenvalue weighted by Crippen LogP contribution is 2.45. The van der Waals surface area contributed by atoms with Gasteiger partial charge in [0.1, 0.15) is 0 Å². The molecule has 2 aromatic carbocycles. The minimum Gasteiger partial charge on any atom is -0.375 e. The number of aromatic nitrogens is 1. The molecule has 0 fully saturated rings. The Morgan fingerprint density at radius 2 is 1.61 bits per heavy atom. The van der Waals surface area contributed by atoms with Gasteiger partial charge in [-0.2, -0.15) is 0 Å². The molecule has 23 heavy (non-hydrogen) atoms. The van der Waals surface area contributed by atoms with E-state index < -0.39 is 0 Å². The van der Waals surface area contributed by atoms with Crippen molar-refractivity contribution in [3.8, 4) is 0 Å². The first-order valence-electron chi connectivity index (χ1n) is 8.15. The summed E-state index contributed by atoms with van der Waals surface area (Å²) < 4.78 is 0. The summed E-state index contributed by atoms with van der Waals surface area (Å²) >= 11 is 0. The predicted octanol–water partition coefficient (Wildman–Crippen LogP) is 5.61. The molecule has 0 saturated heterocycles. The summed E-state index contributed by atoms with van der Waals surface area (Å²) in [6, 6.07) is 15.2. The number of para-hydroxylation sites is 2. The fourth-order valence-electron chi connectivity index (χ4n) is 3.96. The van der Waals surface area contributed by atoms with Crippen LogP contribution in [-0.2, 0) is 0 Å². The molecule has 1 aliphatic heterocycles. The number of H-pyrrole nitrogens is 1. The summed E-state index contributed by atoms with van der Waals surface area (Å²) in [7, 11) is 0. The lowest BCUT2D eigenvalue weighted by atomic mass is 9.78. The molecular weight excluding hydrogens is 280 g/mol. The largest absolute Gasteiger partial charge is 0.375 e. The predicted molar refractivity (Wildman–Crippen MR) is 99.7 cm³/mol. The molecule has 0 saturated carbocycles. The minimum atomic E-state index is -0.122. The molecule has 0 radical (unpaired) electrons. The van der Waals surface area contributed by atoms with E-state index in [2.05, 4.69) is 80.5 Å². The highest BCUT2D eigenvalue weighted by atomic mass is 15.0. The first kappa shape index (κ1) is 14.1. The van der Waals surface area contributed by atoms with Gasteiger partial charge in [-0.25, -0.2) is 0 Å². The smallest absolute Gasteiger partial charge is 0.0578 e. The molecule has 1 aliphatic rings. The maximum absolute atomic E-state index is 3.77. The van der Waals surface area contributed by atoms with E-state index >= 15 is 0 Å². The Balaban J connectivity index is 2.06. The van der Waals surface area contributed by atoms with Gasteiger partial charge < -0.3 is 10.3 Å². The molecule has 2 nitrogen and oxygen atoms in total. The lowest BCUT2D eigenvalue weighted by Crippen LogP contribution is -2.36. The van der Waals surface area contributed by atoms with Gasteiger partial charge in [-0.15, -0.1) is 0 Å². The van der Waals surface area contributed by atoms with E-state index in [1.165, 1.54) is 44.4 Å². The van der Waals surface area contributed by atoms with Crippen molar-refractivity contribution in [3.05, 3.63) is 65.4 Å². The SMILES string of the molecule is CC1=C(c2cccc3cc[nH]c23)C(C)(C)Nc2c(C)cccc21. The summed E-state index contributed by atoms with van der Waals surface area (Å²) in [5, 5.41) is 5.03. The number of aryl methyl sites for hydroxylation is 1. The monoisotopic (exact) mass is 302 g/mol. The molecule has 2 N–H and O–H groups in total. The third-order valence-corrected chi connectivity index (χ3v) is 4.97. The number of nitrogens with one attached hydrogen (secondary N) is 2. The van der Waals surface area contributed by atoms with Gasteiger partial charge in [0.05, 0.1) is 11.1 Å². The first-order chi connectivity index (χ1) is 11.0. The van der Waals surface area contributed by atoms with Crippen LogP contribution in [0, 0.1) is 6.92 Å². The highest BCUT2D eigenvalue weighted by molar-refractivity contribution is 6.06. The van der Waals surface area contributed by atoms with Crippen molar-refractivity contribution in [2.24, 2.45) is 0 Å². The maximum Gasteiger partial charge on any atom is 0.0578 e. The summed E-state index contributed by atoms with van der Waals surface area (Å²) in [6.45, 7) is 8.95. The third-order valence-electron chi connectivity index (χ3n) is 4.97. The quantitative estimate of drug-likeness (QED) is 0.600. The zero-order valence-corrected chi connectivity index (χ0v) is 14.1. The van der Waals surface area contributed by atoms with Crippen LogP contribution in [0.25, 0.3) is 22.0 Å². The van der Waals surface area contributed by atoms with E-state index in [0.29, 0.717) is 0 Å². The van der Waals surface area contributed by atoms with Crippen molar-refractivity contribution in [2.75, 3.05) is 5.32 Å². The number of hydrogen-bond donors (Lipinski definition) is 2. The molecule has 1 aromatic heterocycles. The Hall–Kier alpha value is -2.48. The van der Waals surface area contributed by atoms with Gasteiger partial charge in [0.25, 0.3) is 0 Å². The number of hydrogen-bond acceptors (Lipinski definition) is 1. The van der Waals surface area contributed by atoms with Gasteiger partial charge in [0.2, 0.25) is 0 Å². The maximum atomic E-state index is 3.77. The number of rotatable bonds is 1. The van der Waals surface area contributed by atoms with Crippen molar-refractivity contribution in [3.63, 3.8) is 0 Å². The van der Waals surface area contributed by atoms with E-state index in [9.17, 15) is 0 Å². The van der Waals surface area contributed by atoms with Crippen LogP contribution in [0.5, 0.6) is 0 Å². The van der Waals surface area contributed by atoms with Crippen LogP contribution in [0.4, 0.5) is 5.69 Å². The van der Waals surface area contributed by atoms with Crippen LogP contribution in [0.1, 0.15) is 37.5 Å². The van der Waals surface area contributed by atoms with Crippen LogP contribution in [0.15, 0.2) is 48.7 Å². The van der Waals surface area contributed by atoms with Crippen molar-refractivity contribution in [1.82, 2.24) is 4.98 Å². The summed E-state index contributed by atoms with van der Waals surface area (Å²) in [5.74, 6) is 0. The Bertz CT molecular complexity index is 941. The van der Waals surface area contributed by atoms with E-state index in [1.807, 2.05) is 6.20 Å². The van der Waals surface area contributed by atoms with Crippen molar-refractivity contribution >= 4 is 27.7 Å². The fourth-order valence-corrected chi connectivity index (χ4v) is 3.96. The molecule has 0 aliphatic carbocycles. The zero-order valence-electron chi connectivity index (χ0n) is 14.1. The molecule has 0 unspecified atom stereocenters. The molecule has 4 rings (SSSR count). The van der Waals surface area contributed by atoms with Gasteiger partial charge in [-0.3, -0.25) is 0 Å². The number of aromatic amines is 1. The van der Waals surface area contributed by atoms with Crippen molar-refractivity contribution < 1.29 is 0 Å². The summed E-state index contributed by atoms with van der Waals surface area (Å²) in [5.41, 5.74) is 8.97. The number of anilines is 1. The first-order valence-corrected chi connectivity index (χ1v) is 8.15. The van der Waals surface area contributed by atoms with Crippen LogP contribution < -0.4 is 5.32 Å². The second-order valence-corrected chi connectivity index (χ2v) is 6.99. The average molecular weight is 302 g/mol. The molecule has 3 aromatic rings. The molecule has 0 spiro atoms. The van der Waals surface area contributed by atoms with E-state index in [-0.39, 0.29) is 5.54 Å². The van der Waals surface area contributed by atoms with E-state index in [4.69, 9.17) is 0 Å². The van der Waals surface area contributed by atoms with Crippen LogP contribution in [0.3, 0.4) is 0 Å². The van der Waals surface area contributed by atoms with Crippen LogP contribution >= 0.6 is 0 Å². The standard InChI is InChI=1S/C21H22N2/c1-13-7-5-9-16-14(2)18(21(3,4)23-19(13)16)17-10-6-8-15-11-12-22-20(15)17/h5-12,22-23H,1-4H3. The fraction of sp³-hybridized carbons (Fsp3) is 0.238. The Kier molecular flexibility index (Phi) is 2.92. The summed E-state index contributed by atoms with van der Waals surface area (Å²) in [6.07, 6.45) is 2.02. The van der Waals surface area contributed by atoms with E-state index in [1.54, 1.807) is 0 Å². The molecule has 0 amide bonds. The van der Waals surface area contributed by atoms with Crippen molar-refractivity contribution in [2.45, 2.75) is 33.2 Å². The number of allylic oxidation sites excluding steroid dienone is 1. The van der Waals surface area contributed by atoms with Gasteiger partial charge in [-0.1, -0.05) is 36.4 Å². The van der Waals surface area contributed by atoms with Crippen molar-refractivity contribution in [1.29, 1.82) is 0 Å². The van der Waals surface area contributed by atoms with Gasteiger partial charge in [-0.05, 0) is 55.9 Å². The highest BCUT2D eigenvalue weighted by Gasteiger charge is 2.33. The average Bonchev–Trinajstić information content (AvgIpc) is 2.97. The minimum absolute atomic E-state index is 0.122. The second-order valence-electron chi connectivity index (χ2n) is 6.99. The molecule has 0 atom stereocenters. The lowest BCUT2D eigenvalue weighted by molar-refractivity contribution is 0.728. The third kappa shape index (κ3) is 2.02. The van der Waals surface area contributed by atoms with Gasteiger partial charge >= 0.3 is 0 Å². The molecule has 0 bridgehead atoms. The Labute approximate surface area is 137 Å². The van der Waals surface area contributed by atoms with Gasteiger partial charge in [0, 0.05) is 23.0 Å². The Morgan fingerprint density at radius 1 is 0.870 bits per heavy atom. The summed E-state index contributed by atoms with van der Waals surface area (Å²) in [4.78, 5) is 3.42. The molecular formula is C21H22N2. The Morgan fingerprint density at radius 3 is 2.43 bits per heavy atom. The molecule has 2 heteroatoms. The van der Waals surface area contributed by atoms with Gasteiger partial charge in [0.15, 0.2) is 0 Å². The lowest BCUT2D eigenvalue weighted by Gasteiger charge is -2.39. The normalized spacial score (nSPS) is 16.3. The second kappa shape index (κ2) is 4.76. The zero-order chi connectivity index (χ0) is 16.2. The number of fused-ring (bicyclic) bond motifs is 2. The number of benzene rings is 2.